The molecule has 0 saturated carbocycles. The molecule has 9 heteroatoms. The summed E-state index contributed by atoms with van der Waals surface area (Å²) in [5.41, 5.74) is 1.46. The molecule has 0 fully saturated rings. The molecule has 1 N–H and O–H groups in total. The Morgan fingerprint density at radius 2 is 1.90 bits per heavy atom. The van der Waals surface area contributed by atoms with E-state index in [0.717, 1.165) is 21.5 Å². The average molecular weight is 488 g/mol. The second-order valence-corrected chi connectivity index (χ2v) is 8.10. The monoisotopic (exact) mass is 487 g/mol. The molecule has 0 atom stereocenters. The average Bonchev–Trinajstić information content (AvgIpc) is 2.99. The van der Waals surface area contributed by atoms with Gasteiger partial charge in [0.05, 0.1) is 16.2 Å². The number of amides is 3. The number of nitrogens with one attached hydrogen (secondary N) is 1. The molecular formula is C22H22BrN3O5. The van der Waals surface area contributed by atoms with Crippen LogP contribution in [0.1, 0.15) is 58.9 Å². The van der Waals surface area contributed by atoms with Gasteiger partial charge in [0.15, 0.2) is 0 Å². The summed E-state index contributed by atoms with van der Waals surface area (Å²) in [6.07, 6.45) is 2.98. The summed E-state index contributed by atoms with van der Waals surface area (Å²) in [4.78, 5) is 48.7. The third-order valence-electron chi connectivity index (χ3n) is 5.18. The second kappa shape index (κ2) is 9.82. The molecule has 2 aromatic rings. The quantitative estimate of drug-likeness (QED) is 0.238. The number of nitrogens with zero attached hydrogens (tertiary/aromatic N) is 2. The van der Waals surface area contributed by atoms with Gasteiger partial charge in [-0.3, -0.25) is 29.4 Å². The molecule has 0 bridgehead atoms. The predicted molar refractivity (Wildman–Crippen MR) is 119 cm³/mol. The Labute approximate surface area is 187 Å². The standard InChI is InChI=1S/C22H22BrN3O5/c1-2-14-10-11-17(16(23)13-14)24-19(27)9-4-3-5-12-25-21(28)15-7-6-8-18(26(30)31)20(15)22(25)29/h6-8,10-11,13H,2-5,9,12H2,1H3,(H,24,27). The van der Waals surface area contributed by atoms with E-state index in [9.17, 15) is 24.5 Å². The third-order valence-corrected chi connectivity index (χ3v) is 5.83. The lowest BCUT2D eigenvalue weighted by Gasteiger charge is -2.13. The lowest BCUT2D eigenvalue weighted by atomic mass is 10.1. The fourth-order valence-electron chi connectivity index (χ4n) is 3.50. The van der Waals surface area contributed by atoms with Crippen molar-refractivity contribution in [3.63, 3.8) is 0 Å². The molecule has 0 radical (unpaired) electrons. The highest BCUT2D eigenvalue weighted by molar-refractivity contribution is 9.10. The molecule has 3 rings (SSSR count). The number of fused-ring (bicyclic) bond motifs is 1. The zero-order chi connectivity index (χ0) is 22.5. The Bertz CT molecular complexity index is 1050. The van der Waals surface area contributed by atoms with Crippen molar-refractivity contribution in [3.8, 4) is 0 Å². The number of unbranched alkanes of at least 4 members (excludes halogenated alkanes) is 2. The molecule has 0 aliphatic carbocycles. The summed E-state index contributed by atoms with van der Waals surface area (Å²) in [6.45, 7) is 2.22. The van der Waals surface area contributed by atoms with E-state index in [1.807, 2.05) is 18.2 Å². The summed E-state index contributed by atoms with van der Waals surface area (Å²) in [5, 5.41) is 14.0. The number of anilines is 1. The number of benzene rings is 2. The van der Waals surface area contributed by atoms with Crippen LogP contribution in [0, 0.1) is 10.1 Å². The first-order valence-electron chi connectivity index (χ1n) is 10.0. The minimum absolute atomic E-state index is 0.0678. The maximum absolute atomic E-state index is 12.5. The van der Waals surface area contributed by atoms with Gasteiger partial charge >= 0.3 is 0 Å². The maximum atomic E-state index is 12.5. The number of nitro groups is 1. The van der Waals surface area contributed by atoms with Crippen molar-refractivity contribution >= 4 is 45.0 Å². The van der Waals surface area contributed by atoms with E-state index in [1.54, 1.807) is 0 Å². The first-order chi connectivity index (χ1) is 14.8. The van der Waals surface area contributed by atoms with Crippen LogP contribution < -0.4 is 5.32 Å². The van der Waals surface area contributed by atoms with Crippen molar-refractivity contribution in [2.24, 2.45) is 0 Å². The number of carbonyl (C=O) groups is 3. The van der Waals surface area contributed by atoms with Crippen molar-refractivity contribution < 1.29 is 19.3 Å². The van der Waals surface area contributed by atoms with Gasteiger partial charge in [0.2, 0.25) is 5.91 Å². The van der Waals surface area contributed by atoms with Crippen LogP contribution in [0.4, 0.5) is 11.4 Å². The summed E-state index contributed by atoms with van der Waals surface area (Å²) < 4.78 is 0.833. The van der Waals surface area contributed by atoms with Crippen LogP contribution in [-0.2, 0) is 11.2 Å². The lowest BCUT2D eigenvalue weighted by molar-refractivity contribution is -0.385. The molecule has 1 aliphatic heterocycles. The van der Waals surface area contributed by atoms with E-state index >= 15 is 0 Å². The van der Waals surface area contributed by atoms with Crippen molar-refractivity contribution in [3.05, 3.63) is 67.7 Å². The predicted octanol–water partition coefficient (Wildman–Crippen LogP) is 4.71. The van der Waals surface area contributed by atoms with Crippen LogP contribution in [0.3, 0.4) is 0 Å². The van der Waals surface area contributed by atoms with Crippen LogP contribution in [0.25, 0.3) is 0 Å². The van der Waals surface area contributed by atoms with Gasteiger partial charge in [0.25, 0.3) is 17.5 Å². The summed E-state index contributed by atoms with van der Waals surface area (Å²) in [5.74, 6) is -1.26. The van der Waals surface area contributed by atoms with Crippen molar-refractivity contribution in [1.82, 2.24) is 4.90 Å². The van der Waals surface area contributed by atoms with Gasteiger partial charge in [-0.25, -0.2) is 0 Å². The van der Waals surface area contributed by atoms with Gasteiger partial charge in [-0.15, -0.1) is 0 Å². The highest BCUT2D eigenvalue weighted by atomic mass is 79.9. The first-order valence-corrected chi connectivity index (χ1v) is 10.8. The Hall–Kier alpha value is -3.07. The molecule has 8 nitrogen and oxygen atoms in total. The topological polar surface area (TPSA) is 110 Å². The SMILES string of the molecule is CCc1ccc(NC(=O)CCCCCN2C(=O)c3cccc([N+](=O)[O-])c3C2=O)c(Br)c1. The largest absolute Gasteiger partial charge is 0.325 e. The zero-order valence-electron chi connectivity index (χ0n) is 17.0. The van der Waals surface area contributed by atoms with Crippen molar-refractivity contribution in [1.29, 1.82) is 0 Å². The maximum Gasteiger partial charge on any atom is 0.282 e. The first kappa shape index (κ1) is 22.6. The fraction of sp³-hybridized carbons (Fsp3) is 0.318. The number of nitro benzene ring substituents is 1. The third kappa shape index (κ3) is 4.99. The Kier molecular flexibility index (Phi) is 7.17. The van der Waals surface area contributed by atoms with E-state index in [1.165, 1.54) is 23.8 Å². The number of hydrogen-bond donors (Lipinski definition) is 1. The molecule has 0 spiro atoms. The number of rotatable bonds is 9. The molecular weight excluding hydrogens is 466 g/mol. The van der Waals surface area contributed by atoms with Crippen molar-refractivity contribution in [2.75, 3.05) is 11.9 Å². The van der Waals surface area contributed by atoms with E-state index in [4.69, 9.17) is 0 Å². The molecule has 162 valence electrons. The minimum atomic E-state index is -0.653. The molecule has 3 amide bonds. The van der Waals surface area contributed by atoms with Gasteiger partial charge in [-0.1, -0.05) is 25.5 Å². The highest BCUT2D eigenvalue weighted by Gasteiger charge is 2.40. The highest BCUT2D eigenvalue weighted by Crippen LogP contribution is 2.31. The lowest BCUT2D eigenvalue weighted by Crippen LogP contribution is -2.30. The number of aryl methyl sites for hydroxylation is 1. The molecule has 0 unspecified atom stereocenters. The van der Waals surface area contributed by atoms with Crippen LogP contribution in [0.15, 0.2) is 40.9 Å². The van der Waals surface area contributed by atoms with Crippen molar-refractivity contribution in [2.45, 2.75) is 39.0 Å². The van der Waals surface area contributed by atoms with Gasteiger partial charge in [0.1, 0.15) is 5.56 Å². The normalized spacial score (nSPS) is 12.8. The summed E-state index contributed by atoms with van der Waals surface area (Å²) in [6, 6.07) is 9.86. The van der Waals surface area contributed by atoms with Crippen LogP contribution in [-0.4, -0.2) is 34.1 Å². The van der Waals surface area contributed by atoms with E-state index < -0.39 is 16.7 Å². The smallest absolute Gasteiger partial charge is 0.282 e. The second-order valence-electron chi connectivity index (χ2n) is 7.25. The van der Waals surface area contributed by atoms with E-state index in [-0.39, 0.29) is 29.3 Å². The van der Waals surface area contributed by atoms with Gasteiger partial charge in [-0.2, -0.15) is 0 Å². The van der Waals surface area contributed by atoms with Gasteiger partial charge in [-0.05, 0) is 59.0 Å². The van der Waals surface area contributed by atoms with Crippen LogP contribution in [0.2, 0.25) is 0 Å². The molecule has 0 saturated heterocycles. The number of hydrogen-bond acceptors (Lipinski definition) is 5. The number of imide groups is 1. The molecule has 2 aromatic carbocycles. The Morgan fingerprint density at radius 3 is 2.58 bits per heavy atom. The fourth-order valence-corrected chi connectivity index (χ4v) is 4.02. The van der Waals surface area contributed by atoms with Gasteiger partial charge in [0, 0.05) is 23.5 Å². The zero-order valence-corrected chi connectivity index (χ0v) is 18.6. The number of halogens is 1. The summed E-state index contributed by atoms with van der Waals surface area (Å²) in [7, 11) is 0. The molecule has 1 heterocycles. The summed E-state index contributed by atoms with van der Waals surface area (Å²) >= 11 is 3.46. The molecule has 31 heavy (non-hydrogen) atoms. The Balaban J connectivity index is 1.47. The minimum Gasteiger partial charge on any atom is -0.325 e. The van der Waals surface area contributed by atoms with Gasteiger partial charge < -0.3 is 5.32 Å². The van der Waals surface area contributed by atoms with E-state index in [0.29, 0.717) is 25.7 Å². The van der Waals surface area contributed by atoms with E-state index in [2.05, 4.69) is 28.2 Å². The number of carbonyl (C=O) groups excluding carboxylic acids is 3. The Morgan fingerprint density at radius 1 is 1.13 bits per heavy atom. The van der Waals surface area contributed by atoms with Crippen LogP contribution in [0.5, 0.6) is 0 Å². The molecule has 1 aliphatic rings. The van der Waals surface area contributed by atoms with Crippen LogP contribution >= 0.6 is 15.9 Å². The molecule has 0 aromatic heterocycles.